The number of amides is 1. The number of carbonyl (C=O) groups excluding carboxylic acids is 1. The van der Waals surface area contributed by atoms with E-state index in [2.05, 4.69) is 4.90 Å². The summed E-state index contributed by atoms with van der Waals surface area (Å²) in [6.07, 6.45) is 1.87. The molecule has 1 heterocycles. The van der Waals surface area contributed by atoms with Crippen LogP contribution in [0.2, 0.25) is 0 Å². The van der Waals surface area contributed by atoms with Crippen molar-refractivity contribution in [2.45, 2.75) is 25.8 Å². The van der Waals surface area contributed by atoms with Crippen molar-refractivity contribution in [1.82, 2.24) is 4.90 Å². The van der Waals surface area contributed by atoms with E-state index in [0.29, 0.717) is 18.0 Å². The molecule has 1 aromatic carbocycles. The molecule has 1 aromatic rings. The minimum absolute atomic E-state index is 0.121. The molecule has 1 aliphatic rings. The van der Waals surface area contributed by atoms with Crippen LogP contribution in [0.1, 0.15) is 19.8 Å². The summed E-state index contributed by atoms with van der Waals surface area (Å²) >= 11 is 0. The van der Waals surface area contributed by atoms with Gasteiger partial charge in [0.15, 0.2) is 0 Å². The minimum atomic E-state index is -0.121. The summed E-state index contributed by atoms with van der Waals surface area (Å²) in [5.74, 6) is 0.816. The van der Waals surface area contributed by atoms with Crippen molar-refractivity contribution in [2.24, 2.45) is 0 Å². The van der Waals surface area contributed by atoms with E-state index in [0.717, 1.165) is 25.1 Å². The summed E-state index contributed by atoms with van der Waals surface area (Å²) in [4.78, 5) is 16.0. The van der Waals surface area contributed by atoms with Gasteiger partial charge in [0.2, 0.25) is 5.91 Å². The maximum atomic E-state index is 12.3. The maximum Gasteiger partial charge on any atom is 0.244 e. The number of likely N-dealkylation sites (N-methyl/N-ethyl adjacent to an activating group) is 1. The second-order valence-electron chi connectivity index (χ2n) is 5.21. The van der Waals surface area contributed by atoms with Gasteiger partial charge in [-0.3, -0.25) is 4.79 Å². The van der Waals surface area contributed by atoms with E-state index in [1.807, 2.05) is 25.1 Å². The molecule has 1 amide bonds. The van der Waals surface area contributed by atoms with Gasteiger partial charge in [-0.05, 0) is 31.9 Å². The number of anilines is 2. The Balaban J connectivity index is 2.30. The molecule has 2 rings (SSSR count). The fourth-order valence-electron chi connectivity index (χ4n) is 2.67. The van der Waals surface area contributed by atoms with E-state index >= 15 is 0 Å². The summed E-state index contributed by atoms with van der Waals surface area (Å²) in [6, 6.07) is 5.62. The standard InChI is InChI=1S/C15H23N3O2/c1-4-20-13-9-5-7-11(14(13)16)18-10-6-8-12(18)15(19)17(2)3/h5,7,9,12H,4,6,8,10,16H2,1-3H3. The molecule has 1 aliphatic heterocycles. The van der Waals surface area contributed by atoms with Gasteiger partial charge in [-0.25, -0.2) is 0 Å². The highest BCUT2D eigenvalue weighted by molar-refractivity contribution is 5.88. The lowest BCUT2D eigenvalue weighted by Gasteiger charge is -2.29. The molecule has 20 heavy (non-hydrogen) atoms. The normalized spacial score (nSPS) is 18.1. The van der Waals surface area contributed by atoms with E-state index < -0.39 is 0 Å². The van der Waals surface area contributed by atoms with Gasteiger partial charge >= 0.3 is 0 Å². The first-order valence-electron chi connectivity index (χ1n) is 7.05. The first-order valence-corrected chi connectivity index (χ1v) is 7.05. The summed E-state index contributed by atoms with van der Waals surface area (Å²) in [6.45, 7) is 3.36. The van der Waals surface area contributed by atoms with E-state index in [4.69, 9.17) is 10.5 Å². The van der Waals surface area contributed by atoms with Crippen LogP contribution in [0.4, 0.5) is 11.4 Å². The van der Waals surface area contributed by atoms with Crippen molar-refractivity contribution in [2.75, 3.05) is 37.9 Å². The SMILES string of the molecule is CCOc1cccc(N2CCCC2C(=O)N(C)C)c1N. The molecule has 0 saturated carbocycles. The zero-order valence-electron chi connectivity index (χ0n) is 12.4. The molecule has 0 aliphatic carbocycles. The van der Waals surface area contributed by atoms with Gasteiger partial charge in [0, 0.05) is 20.6 Å². The molecule has 0 aromatic heterocycles. The van der Waals surface area contributed by atoms with Crippen molar-refractivity contribution in [3.05, 3.63) is 18.2 Å². The van der Waals surface area contributed by atoms with E-state index in [1.165, 1.54) is 0 Å². The molecule has 5 heteroatoms. The molecule has 0 bridgehead atoms. The van der Waals surface area contributed by atoms with Gasteiger partial charge in [-0.1, -0.05) is 6.07 Å². The summed E-state index contributed by atoms with van der Waals surface area (Å²) in [5, 5.41) is 0. The second kappa shape index (κ2) is 6.03. The highest BCUT2D eigenvalue weighted by Gasteiger charge is 2.33. The number of benzene rings is 1. The molecular weight excluding hydrogens is 254 g/mol. The Bertz CT molecular complexity index is 488. The topological polar surface area (TPSA) is 58.8 Å². The fourth-order valence-corrected chi connectivity index (χ4v) is 2.67. The lowest BCUT2D eigenvalue weighted by molar-refractivity contribution is -0.129. The Labute approximate surface area is 120 Å². The molecule has 1 saturated heterocycles. The predicted molar refractivity (Wildman–Crippen MR) is 81.1 cm³/mol. The second-order valence-corrected chi connectivity index (χ2v) is 5.21. The van der Waals surface area contributed by atoms with Crippen molar-refractivity contribution in [3.63, 3.8) is 0 Å². The zero-order valence-corrected chi connectivity index (χ0v) is 12.4. The third kappa shape index (κ3) is 2.66. The number of para-hydroxylation sites is 1. The molecule has 2 N–H and O–H groups in total. The number of nitrogen functional groups attached to an aromatic ring is 1. The lowest BCUT2D eigenvalue weighted by atomic mass is 10.1. The number of rotatable bonds is 4. The number of hydrogen-bond acceptors (Lipinski definition) is 4. The molecule has 0 radical (unpaired) electrons. The number of nitrogens with zero attached hydrogens (tertiary/aromatic N) is 2. The Morgan fingerprint density at radius 2 is 2.25 bits per heavy atom. The van der Waals surface area contributed by atoms with Gasteiger partial charge in [0.1, 0.15) is 11.8 Å². The van der Waals surface area contributed by atoms with Gasteiger partial charge < -0.3 is 20.3 Å². The Kier molecular flexibility index (Phi) is 4.37. The zero-order chi connectivity index (χ0) is 14.7. The van der Waals surface area contributed by atoms with Crippen LogP contribution in [0.5, 0.6) is 5.75 Å². The molecule has 0 spiro atoms. The van der Waals surface area contributed by atoms with Crippen LogP contribution in [0.25, 0.3) is 0 Å². The molecule has 1 atom stereocenters. The third-order valence-corrected chi connectivity index (χ3v) is 3.63. The minimum Gasteiger partial charge on any atom is -0.492 e. The Hall–Kier alpha value is -1.91. The molecule has 5 nitrogen and oxygen atoms in total. The number of hydrogen-bond donors (Lipinski definition) is 1. The van der Waals surface area contributed by atoms with E-state index in [9.17, 15) is 4.79 Å². The Morgan fingerprint density at radius 3 is 2.90 bits per heavy atom. The van der Waals surface area contributed by atoms with Crippen LogP contribution >= 0.6 is 0 Å². The van der Waals surface area contributed by atoms with E-state index in [1.54, 1.807) is 19.0 Å². The predicted octanol–water partition coefficient (Wildman–Crippen LogP) is 1.72. The van der Waals surface area contributed by atoms with Gasteiger partial charge in [0.05, 0.1) is 18.0 Å². The van der Waals surface area contributed by atoms with Gasteiger partial charge in [-0.2, -0.15) is 0 Å². The third-order valence-electron chi connectivity index (χ3n) is 3.63. The maximum absolute atomic E-state index is 12.3. The average molecular weight is 277 g/mol. The monoisotopic (exact) mass is 277 g/mol. The summed E-state index contributed by atoms with van der Waals surface area (Å²) in [5.41, 5.74) is 7.71. The number of carbonyl (C=O) groups is 1. The van der Waals surface area contributed by atoms with Crippen molar-refractivity contribution in [3.8, 4) is 5.75 Å². The smallest absolute Gasteiger partial charge is 0.244 e. The lowest BCUT2D eigenvalue weighted by Crippen LogP contribution is -2.43. The van der Waals surface area contributed by atoms with Crippen molar-refractivity contribution < 1.29 is 9.53 Å². The van der Waals surface area contributed by atoms with Crippen LogP contribution in [0, 0.1) is 0 Å². The highest BCUT2D eigenvalue weighted by atomic mass is 16.5. The molecular formula is C15H23N3O2. The van der Waals surface area contributed by atoms with Crippen LogP contribution < -0.4 is 15.4 Å². The van der Waals surface area contributed by atoms with Crippen molar-refractivity contribution >= 4 is 17.3 Å². The van der Waals surface area contributed by atoms with Gasteiger partial charge in [0.25, 0.3) is 0 Å². The van der Waals surface area contributed by atoms with Crippen molar-refractivity contribution in [1.29, 1.82) is 0 Å². The first-order chi connectivity index (χ1) is 9.56. The fraction of sp³-hybridized carbons (Fsp3) is 0.533. The van der Waals surface area contributed by atoms with Crippen LogP contribution in [-0.2, 0) is 4.79 Å². The summed E-state index contributed by atoms with van der Waals surface area (Å²) < 4.78 is 5.53. The first kappa shape index (κ1) is 14.5. The molecule has 110 valence electrons. The van der Waals surface area contributed by atoms with Crippen LogP contribution in [0.15, 0.2) is 18.2 Å². The largest absolute Gasteiger partial charge is 0.492 e. The summed E-state index contributed by atoms with van der Waals surface area (Å²) in [7, 11) is 3.58. The quantitative estimate of drug-likeness (QED) is 0.851. The number of ether oxygens (including phenoxy) is 1. The van der Waals surface area contributed by atoms with Crippen LogP contribution in [-0.4, -0.2) is 44.1 Å². The van der Waals surface area contributed by atoms with Crippen LogP contribution in [0.3, 0.4) is 0 Å². The molecule has 1 unspecified atom stereocenters. The molecule has 1 fully saturated rings. The van der Waals surface area contributed by atoms with Gasteiger partial charge in [-0.15, -0.1) is 0 Å². The average Bonchev–Trinajstić information content (AvgIpc) is 2.89. The number of nitrogens with two attached hydrogens (primary N) is 1. The Morgan fingerprint density at radius 1 is 1.50 bits per heavy atom. The highest BCUT2D eigenvalue weighted by Crippen LogP contribution is 2.36. The van der Waals surface area contributed by atoms with E-state index in [-0.39, 0.29) is 11.9 Å².